The molecular formula is C12H16O3. The van der Waals surface area contributed by atoms with Gasteiger partial charge in [0.2, 0.25) is 0 Å². The molecule has 1 heterocycles. The molecule has 0 saturated heterocycles. The van der Waals surface area contributed by atoms with Gasteiger partial charge in [0.1, 0.15) is 13.2 Å². The fraction of sp³-hybridized carbons (Fsp3) is 0.500. The zero-order valence-corrected chi connectivity index (χ0v) is 9.21. The van der Waals surface area contributed by atoms with Crippen LogP contribution >= 0.6 is 0 Å². The number of benzene rings is 1. The maximum atomic E-state index is 5.55. The van der Waals surface area contributed by atoms with Gasteiger partial charge in [0, 0.05) is 6.61 Å². The van der Waals surface area contributed by atoms with Gasteiger partial charge in [0.05, 0.1) is 6.61 Å². The summed E-state index contributed by atoms with van der Waals surface area (Å²) in [5, 5.41) is 0. The van der Waals surface area contributed by atoms with Crippen molar-refractivity contribution in [3.63, 3.8) is 0 Å². The fourth-order valence-electron chi connectivity index (χ4n) is 1.70. The Bertz CT molecular complexity index is 347. The molecular weight excluding hydrogens is 192 g/mol. The molecule has 0 aliphatic carbocycles. The Morgan fingerprint density at radius 3 is 2.87 bits per heavy atom. The predicted octanol–water partition coefficient (Wildman–Crippen LogP) is 2.30. The molecule has 0 fully saturated rings. The van der Waals surface area contributed by atoms with Gasteiger partial charge >= 0.3 is 0 Å². The van der Waals surface area contributed by atoms with Gasteiger partial charge in [-0.3, -0.25) is 0 Å². The van der Waals surface area contributed by atoms with Crippen molar-refractivity contribution in [2.45, 2.75) is 20.5 Å². The van der Waals surface area contributed by atoms with E-state index in [0.717, 1.165) is 29.2 Å². The molecule has 15 heavy (non-hydrogen) atoms. The molecule has 1 aromatic carbocycles. The number of ether oxygens (including phenoxy) is 3. The molecule has 2 rings (SSSR count). The van der Waals surface area contributed by atoms with Crippen LogP contribution < -0.4 is 9.47 Å². The van der Waals surface area contributed by atoms with Crippen LogP contribution in [-0.2, 0) is 11.3 Å². The second-order valence-electron chi connectivity index (χ2n) is 3.57. The molecule has 82 valence electrons. The van der Waals surface area contributed by atoms with Crippen LogP contribution in [0.5, 0.6) is 11.5 Å². The second kappa shape index (κ2) is 4.53. The summed E-state index contributed by atoms with van der Waals surface area (Å²) in [6, 6.07) is 4.08. The minimum Gasteiger partial charge on any atom is -0.486 e. The standard InChI is InChI=1S/C12H16O3/c1-3-13-8-10-6-9(2)12-11(7-10)14-4-5-15-12/h6-7H,3-5,8H2,1-2H3. The minimum atomic E-state index is 0.629. The second-order valence-corrected chi connectivity index (χ2v) is 3.57. The highest BCUT2D eigenvalue weighted by atomic mass is 16.6. The van der Waals surface area contributed by atoms with Gasteiger partial charge < -0.3 is 14.2 Å². The van der Waals surface area contributed by atoms with Crippen LogP contribution in [0.15, 0.2) is 12.1 Å². The number of hydrogen-bond donors (Lipinski definition) is 0. The average molecular weight is 208 g/mol. The highest BCUT2D eigenvalue weighted by Crippen LogP contribution is 2.34. The van der Waals surface area contributed by atoms with Crippen LogP contribution in [0.2, 0.25) is 0 Å². The zero-order chi connectivity index (χ0) is 10.7. The van der Waals surface area contributed by atoms with Gasteiger partial charge in [-0.25, -0.2) is 0 Å². The van der Waals surface area contributed by atoms with Crippen molar-refractivity contribution in [1.29, 1.82) is 0 Å². The molecule has 1 aliphatic heterocycles. The smallest absolute Gasteiger partial charge is 0.164 e. The van der Waals surface area contributed by atoms with E-state index in [4.69, 9.17) is 14.2 Å². The van der Waals surface area contributed by atoms with Gasteiger partial charge in [0.25, 0.3) is 0 Å². The van der Waals surface area contributed by atoms with E-state index in [9.17, 15) is 0 Å². The average Bonchev–Trinajstić information content (AvgIpc) is 2.26. The summed E-state index contributed by atoms with van der Waals surface area (Å²) >= 11 is 0. The first kappa shape index (κ1) is 10.3. The quantitative estimate of drug-likeness (QED) is 0.762. The van der Waals surface area contributed by atoms with Gasteiger partial charge in [0.15, 0.2) is 11.5 Å². The Kier molecular flexibility index (Phi) is 3.11. The van der Waals surface area contributed by atoms with E-state index in [0.29, 0.717) is 19.8 Å². The third-order valence-electron chi connectivity index (χ3n) is 2.36. The third-order valence-corrected chi connectivity index (χ3v) is 2.36. The van der Waals surface area contributed by atoms with E-state index in [-0.39, 0.29) is 0 Å². The van der Waals surface area contributed by atoms with Crippen molar-refractivity contribution in [1.82, 2.24) is 0 Å². The van der Waals surface area contributed by atoms with Gasteiger partial charge in [-0.15, -0.1) is 0 Å². The molecule has 0 aromatic heterocycles. The third kappa shape index (κ3) is 2.23. The summed E-state index contributed by atoms with van der Waals surface area (Å²) in [6.45, 7) is 6.65. The van der Waals surface area contributed by atoms with Crippen LogP contribution in [0, 0.1) is 6.92 Å². The molecule has 0 bridgehead atoms. The highest BCUT2D eigenvalue weighted by molar-refractivity contribution is 5.49. The summed E-state index contributed by atoms with van der Waals surface area (Å²) in [6.07, 6.45) is 0. The molecule has 0 unspecified atom stereocenters. The molecule has 1 aromatic rings. The molecule has 0 amide bonds. The summed E-state index contributed by atoms with van der Waals surface area (Å²) in [4.78, 5) is 0. The minimum absolute atomic E-state index is 0.629. The van der Waals surface area contributed by atoms with Crippen LogP contribution in [0.1, 0.15) is 18.1 Å². The monoisotopic (exact) mass is 208 g/mol. The van der Waals surface area contributed by atoms with Crippen LogP contribution in [0.25, 0.3) is 0 Å². The SMILES string of the molecule is CCOCc1cc(C)c2c(c1)OCCO2. The summed E-state index contributed by atoms with van der Waals surface area (Å²) < 4.78 is 16.5. The Hall–Kier alpha value is -1.22. The van der Waals surface area contributed by atoms with Crippen molar-refractivity contribution < 1.29 is 14.2 Å². The fourth-order valence-corrected chi connectivity index (χ4v) is 1.70. The topological polar surface area (TPSA) is 27.7 Å². The summed E-state index contributed by atoms with van der Waals surface area (Å²) in [5.74, 6) is 1.72. The van der Waals surface area contributed by atoms with E-state index >= 15 is 0 Å². The Morgan fingerprint density at radius 2 is 2.07 bits per heavy atom. The molecule has 3 nitrogen and oxygen atoms in total. The Labute approximate surface area is 90.0 Å². The van der Waals surface area contributed by atoms with Crippen molar-refractivity contribution >= 4 is 0 Å². The van der Waals surface area contributed by atoms with Crippen LogP contribution in [0.3, 0.4) is 0 Å². The van der Waals surface area contributed by atoms with E-state index < -0.39 is 0 Å². The summed E-state index contributed by atoms with van der Waals surface area (Å²) in [7, 11) is 0. The van der Waals surface area contributed by atoms with Crippen LogP contribution in [0.4, 0.5) is 0 Å². The van der Waals surface area contributed by atoms with E-state index in [2.05, 4.69) is 6.07 Å². The lowest BCUT2D eigenvalue weighted by Crippen LogP contribution is -2.16. The number of aryl methyl sites for hydroxylation is 1. The lowest BCUT2D eigenvalue weighted by molar-refractivity contribution is 0.132. The highest BCUT2D eigenvalue weighted by Gasteiger charge is 2.14. The molecule has 0 N–H and O–H groups in total. The molecule has 1 aliphatic rings. The molecule has 3 heteroatoms. The largest absolute Gasteiger partial charge is 0.486 e. The number of rotatable bonds is 3. The maximum absolute atomic E-state index is 5.55. The zero-order valence-electron chi connectivity index (χ0n) is 9.21. The van der Waals surface area contributed by atoms with E-state index in [1.54, 1.807) is 0 Å². The lowest BCUT2D eigenvalue weighted by Gasteiger charge is -2.21. The van der Waals surface area contributed by atoms with Crippen molar-refractivity contribution in [2.24, 2.45) is 0 Å². The van der Waals surface area contributed by atoms with E-state index in [1.165, 1.54) is 0 Å². The normalized spacial score (nSPS) is 14.0. The maximum Gasteiger partial charge on any atom is 0.164 e. The molecule has 0 saturated carbocycles. The first-order valence-electron chi connectivity index (χ1n) is 5.28. The first-order valence-corrected chi connectivity index (χ1v) is 5.28. The van der Waals surface area contributed by atoms with Crippen molar-refractivity contribution in [3.05, 3.63) is 23.3 Å². The first-order chi connectivity index (χ1) is 7.31. The van der Waals surface area contributed by atoms with Crippen molar-refractivity contribution in [2.75, 3.05) is 19.8 Å². The van der Waals surface area contributed by atoms with Gasteiger partial charge in [-0.2, -0.15) is 0 Å². The van der Waals surface area contributed by atoms with Crippen LogP contribution in [-0.4, -0.2) is 19.8 Å². The molecule has 0 spiro atoms. The predicted molar refractivity (Wildman–Crippen MR) is 57.5 cm³/mol. The molecule has 0 atom stereocenters. The molecule has 0 radical (unpaired) electrons. The van der Waals surface area contributed by atoms with Gasteiger partial charge in [-0.1, -0.05) is 0 Å². The number of fused-ring (bicyclic) bond motifs is 1. The van der Waals surface area contributed by atoms with E-state index in [1.807, 2.05) is 19.9 Å². The number of hydrogen-bond acceptors (Lipinski definition) is 3. The Morgan fingerprint density at radius 1 is 1.27 bits per heavy atom. The van der Waals surface area contributed by atoms with Crippen molar-refractivity contribution in [3.8, 4) is 11.5 Å². The van der Waals surface area contributed by atoms with Gasteiger partial charge in [-0.05, 0) is 37.1 Å². The lowest BCUT2D eigenvalue weighted by atomic mass is 10.1. The Balaban J connectivity index is 2.24. The summed E-state index contributed by atoms with van der Waals surface area (Å²) in [5.41, 5.74) is 2.25.